The van der Waals surface area contributed by atoms with Crippen molar-refractivity contribution in [2.75, 3.05) is 39.8 Å². The first kappa shape index (κ1) is 28.7. The number of amides is 2. The van der Waals surface area contributed by atoms with Gasteiger partial charge in [0.05, 0.1) is 11.6 Å². The highest BCUT2D eigenvalue weighted by molar-refractivity contribution is 5.92. The molecule has 40 heavy (non-hydrogen) atoms. The van der Waals surface area contributed by atoms with Gasteiger partial charge in [-0.15, -0.1) is 0 Å². The fourth-order valence-corrected chi connectivity index (χ4v) is 5.73. The number of benzene rings is 1. The Hall–Kier alpha value is -2.78. The van der Waals surface area contributed by atoms with E-state index in [9.17, 15) is 28.0 Å². The molecule has 0 unspecified atom stereocenters. The van der Waals surface area contributed by atoms with Gasteiger partial charge in [0.2, 0.25) is 11.8 Å². The van der Waals surface area contributed by atoms with E-state index >= 15 is 8.78 Å². The van der Waals surface area contributed by atoms with Crippen molar-refractivity contribution in [2.45, 2.75) is 69.3 Å². The second-order valence-corrected chi connectivity index (χ2v) is 12.2. The molecule has 1 aromatic rings. The van der Waals surface area contributed by atoms with Crippen LogP contribution in [0.4, 0.5) is 22.0 Å². The van der Waals surface area contributed by atoms with Gasteiger partial charge in [0, 0.05) is 56.2 Å². The standard InChI is InChI=1S/C28H34F5N5O2/c1-25(5-6-25)24(40)38-16-19(14-22(38)23(39)35-26(17-34)7-8-26)27(29,30)20-4-3-18(13-21(20)28(31,32)33)15-37-11-9-36(2)10-12-37/h3-4,13,19,22H,5-12,14-16H2,1-2H3,(H,35,39)/t19-,22+/m1/s1. The summed E-state index contributed by atoms with van der Waals surface area (Å²) in [5.74, 6) is -6.82. The summed E-state index contributed by atoms with van der Waals surface area (Å²) in [7, 11) is 1.96. The Kier molecular flexibility index (Phi) is 7.14. The Morgan fingerprint density at radius 2 is 1.70 bits per heavy atom. The van der Waals surface area contributed by atoms with E-state index in [1.165, 1.54) is 6.07 Å². The molecule has 218 valence electrons. The van der Waals surface area contributed by atoms with Crippen LogP contribution in [0.25, 0.3) is 0 Å². The van der Waals surface area contributed by atoms with Gasteiger partial charge in [0.25, 0.3) is 5.92 Å². The van der Waals surface area contributed by atoms with E-state index in [4.69, 9.17) is 0 Å². The molecule has 2 aliphatic carbocycles. The molecule has 1 aromatic carbocycles. The van der Waals surface area contributed by atoms with Gasteiger partial charge in [-0.1, -0.05) is 19.1 Å². The zero-order chi connectivity index (χ0) is 29.1. The number of halogens is 5. The largest absolute Gasteiger partial charge is 0.416 e. The average molecular weight is 568 g/mol. The predicted molar refractivity (Wildman–Crippen MR) is 135 cm³/mol. The lowest BCUT2D eigenvalue weighted by atomic mass is 9.88. The lowest BCUT2D eigenvalue weighted by Crippen LogP contribution is -2.50. The number of nitriles is 1. The van der Waals surface area contributed by atoms with Crippen molar-refractivity contribution in [1.82, 2.24) is 20.0 Å². The van der Waals surface area contributed by atoms with Crippen LogP contribution in [0.15, 0.2) is 18.2 Å². The van der Waals surface area contributed by atoms with E-state index in [-0.39, 0.29) is 6.54 Å². The normalized spacial score (nSPS) is 26.3. The summed E-state index contributed by atoms with van der Waals surface area (Å²) in [5.41, 5.74) is -4.08. The number of piperazine rings is 1. The highest BCUT2D eigenvalue weighted by Crippen LogP contribution is 2.51. The third-order valence-electron chi connectivity index (χ3n) is 8.97. The van der Waals surface area contributed by atoms with E-state index in [1.54, 1.807) is 6.92 Å². The molecule has 0 aromatic heterocycles. The van der Waals surface area contributed by atoms with Crippen molar-refractivity contribution in [3.63, 3.8) is 0 Å². The summed E-state index contributed by atoms with van der Waals surface area (Å²) < 4.78 is 74.6. The quantitative estimate of drug-likeness (QED) is 0.508. The molecule has 1 N–H and O–H groups in total. The number of carbonyl (C=O) groups is 2. The Morgan fingerprint density at radius 1 is 1.05 bits per heavy atom. The summed E-state index contributed by atoms with van der Waals surface area (Å²) >= 11 is 0. The zero-order valence-corrected chi connectivity index (χ0v) is 22.7. The van der Waals surface area contributed by atoms with Gasteiger partial charge in [0.15, 0.2) is 0 Å². The number of likely N-dealkylation sites (tertiary alicyclic amines) is 1. The molecule has 2 amide bonds. The van der Waals surface area contributed by atoms with E-state index in [2.05, 4.69) is 10.2 Å². The molecule has 0 spiro atoms. The molecular weight excluding hydrogens is 533 g/mol. The Labute approximate surface area is 230 Å². The van der Waals surface area contributed by atoms with Gasteiger partial charge in [-0.25, -0.2) is 8.78 Å². The number of hydrogen-bond donors (Lipinski definition) is 1. The molecule has 0 bridgehead atoms. The minimum Gasteiger partial charge on any atom is -0.336 e. The fourth-order valence-electron chi connectivity index (χ4n) is 5.73. The first-order chi connectivity index (χ1) is 18.7. The van der Waals surface area contributed by atoms with E-state index in [1.807, 2.05) is 18.0 Å². The van der Waals surface area contributed by atoms with Crippen LogP contribution in [0.1, 0.15) is 55.7 Å². The second-order valence-electron chi connectivity index (χ2n) is 12.2. The minimum atomic E-state index is -5.02. The van der Waals surface area contributed by atoms with Crippen LogP contribution in [0.5, 0.6) is 0 Å². The molecule has 4 aliphatic rings. The van der Waals surface area contributed by atoms with Crippen molar-refractivity contribution >= 4 is 11.8 Å². The average Bonchev–Trinajstić information content (AvgIpc) is 3.80. The van der Waals surface area contributed by atoms with Gasteiger partial charge in [0.1, 0.15) is 11.6 Å². The van der Waals surface area contributed by atoms with Gasteiger partial charge < -0.3 is 15.1 Å². The summed E-state index contributed by atoms with van der Waals surface area (Å²) in [6.07, 6.45) is -3.58. The third-order valence-corrected chi connectivity index (χ3v) is 8.97. The van der Waals surface area contributed by atoms with Gasteiger partial charge in [-0.2, -0.15) is 18.4 Å². The van der Waals surface area contributed by atoms with Crippen molar-refractivity contribution in [3.05, 3.63) is 34.9 Å². The van der Waals surface area contributed by atoms with Crippen LogP contribution in [0.3, 0.4) is 0 Å². The summed E-state index contributed by atoms with van der Waals surface area (Å²) in [5, 5.41) is 11.9. The molecule has 7 nitrogen and oxygen atoms in total. The van der Waals surface area contributed by atoms with Gasteiger partial charge >= 0.3 is 6.18 Å². The molecule has 0 radical (unpaired) electrons. The SMILES string of the molecule is CN1CCN(Cc2ccc(C(F)(F)[C@@H]3C[C@@H](C(=O)NC4(C#N)CC4)N(C(=O)C4(C)CC4)C3)c(C(F)(F)F)c2)CC1. The molecule has 2 saturated heterocycles. The second kappa shape index (κ2) is 9.94. The fraction of sp³-hybridized carbons (Fsp3) is 0.679. The number of likely N-dealkylation sites (N-methyl/N-ethyl adjacent to an activating group) is 1. The molecule has 2 heterocycles. The Morgan fingerprint density at radius 3 is 2.25 bits per heavy atom. The van der Waals surface area contributed by atoms with Crippen LogP contribution in [0.2, 0.25) is 0 Å². The molecule has 2 atom stereocenters. The number of carbonyl (C=O) groups excluding carboxylic acids is 2. The molecule has 12 heteroatoms. The maximum absolute atomic E-state index is 16.0. The summed E-state index contributed by atoms with van der Waals surface area (Å²) in [6, 6.07) is 3.70. The van der Waals surface area contributed by atoms with E-state index < -0.39 is 70.9 Å². The van der Waals surface area contributed by atoms with Crippen molar-refractivity contribution in [2.24, 2.45) is 11.3 Å². The topological polar surface area (TPSA) is 79.7 Å². The number of nitrogens with zero attached hydrogens (tertiary/aromatic N) is 4. The van der Waals surface area contributed by atoms with Crippen LogP contribution < -0.4 is 5.32 Å². The maximum Gasteiger partial charge on any atom is 0.416 e. The monoisotopic (exact) mass is 567 g/mol. The van der Waals surface area contributed by atoms with Crippen LogP contribution >= 0.6 is 0 Å². The Balaban J connectivity index is 1.41. The van der Waals surface area contributed by atoms with Crippen molar-refractivity contribution in [3.8, 4) is 6.07 Å². The minimum absolute atomic E-state index is 0.218. The van der Waals surface area contributed by atoms with Crippen LogP contribution in [0, 0.1) is 22.7 Å². The van der Waals surface area contributed by atoms with Gasteiger partial charge in [-0.05, 0) is 50.8 Å². The van der Waals surface area contributed by atoms with Crippen molar-refractivity contribution < 1.29 is 31.5 Å². The van der Waals surface area contributed by atoms with Crippen LogP contribution in [-0.4, -0.2) is 77.9 Å². The molecule has 2 saturated carbocycles. The third kappa shape index (κ3) is 5.55. The zero-order valence-electron chi connectivity index (χ0n) is 22.7. The molecule has 2 aliphatic heterocycles. The number of alkyl halides is 5. The highest BCUT2D eigenvalue weighted by Gasteiger charge is 2.58. The maximum atomic E-state index is 16.0. The number of rotatable bonds is 7. The lowest BCUT2D eigenvalue weighted by Gasteiger charge is -2.32. The van der Waals surface area contributed by atoms with Crippen LogP contribution in [-0.2, 0) is 28.2 Å². The lowest BCUT2D eigenvalue weighted by molar-refractivity contribution is -0.146. The summed E-state index contributed by atoms with van der Waals surface area (Å²) in [6.45, 7) is 4.23. The first-order valence-electron chi connectivity index (χ1n) is 13.7. The number of nitrogens with one attached hydrogen (secondary N) is 1. The molecule has 5 rings (SSSR count). The van der Waals surface area contributed by atoms with Gasteiger partial charge in [-0.3, -0.25) is 14.5 Å². The Bertz CT molecular complexity index is 1210. The first-order valence-corrected chi connectivity index (χ1v) is 13.7. The molecular formula is C28H34F5N5O2. The number of hydrogen-bond acceptors (Lipinski definition) is 5. The highest BCUT2D eigenvalue weighted by atomic mass is 19.4. The molecule has 4 fully saturated rings. The predicted octanol–water partition coefficient (Wildman–Crippen LogP) is 3.73. The summed E-state index contributed by atoms with van der Waals surface area (Å²) in [4.78, 5) is 31.6. The van der Waals surface area contributed by atoms with E-state index in [0.717, 1.165) is 30.1 Å². The smallest absolute Gasteiger partial charge is 0.336 e. The van der Waals surface area contributed by atoms with E-state index in [0.29, 0.717) is 44.3 Å². The van der Waals surface area contributed by atoms with Crippen molar-refractivity contribution in [1.29, 1.82) is 5.26 Å².